The van der Waals surface area contributed by atoms with E-state index in [1.807, 2.05) is 30.5 Å². The molecule has 0 unspecified atom stereocenters. The van der Waals surface area contributed by atoms with Gasteiger partial charge in [0.2, 0.25) is 4.80 Å². The van der Waals surface area contributed by atoms with Crippen LogP contribution in [0.25, 0.3) is 22.4 Å². The van der Waals surface area contributed by atoms with Gasteiger partial charge in [0, 0.05) is 10.9 Å². The maximum absolute atomic E-state index is 9.77. The standard InChI is InChI=1S/C26H23N3O2S/c1-18(2)15-27-26-29(28-16-19-8-13-24(30)25(31)14-19)23(17-32-26)22-11-9-21(10-12-22)20-6-4-3-5-7-20/h3-14,16-17,30-31H,1,15H2,2H3. The van der Waals surface area contributed by atoms with E-state index in [1.165, 1.54) is 29.0 Å². The van der Waals surface area contributed by atoms with Crippen LogP contribution in [0.3, 0.4) is 0 Å². The summed E-state index contributed by atoms with van der Waals surface area (Å²) in [5, 5.41) is 26.0. The summed E-state index contributed by atoms with van der Waals surface area (Å²) in [5.41, 5.74) is 5.87. The van der Waals surface area contributed by atoms with E-state index >= 15 is 0 Å². The fourth-order valence-corrected chi connectivity index (χ4v) is 3.97. The molecular weight excluding hydrogens is 418 g/mol. The average molecular weight is 442 g/mol. The van der Waals surface area contributed by atoms with E-state index in [2.05, 4.69) is 53.1 Å². The van der Waals surface area contributed by atoms with E-state index in [-0.39, 0.29) is 11.5 Å². The van der Waals surface area contributed by atoms with Gasteiger partial charge in [-0.15, -0.1) is 11.3 Å². The fraction of sp³-hybridized carbons (Fsp3) is 0.0769. The topological polar surface area (TPSA) is 70.1 Å². The number of thiazole rings is 1. The molecule has 0 saturated heterocycles. The maximum atomic E-state index is 9.77. The van der Waals surface area contributed by atoms with Crippen LogP contribution in [0.4, 0.5) is 0 Å². The van der Waals surface area contributed by atoms with Crippen LogP contribution in [-0.2, 0) is 0 Å². The van der Waals surface area contributed by atoms with Crippen molar-refractivity contribution in [3.63, 3.8) is 0 Å². The minimum absolute atomic E-state index is 0.165. The molecule has 4 aromatic rings. The summed E-state index contributed by atoms with van der Waals surface area (Å²) in [6, 6.07) is 23.2. The Hall–Kier alpha value is -3.90. The molecule has 0 bridgehead atoms. The number of aromatic hydroxyl groups is 2. The predicted molar refractivity (Wildman–Crippen MR) is 131 cm³/mol. The molecule has 2 N–H and O–H groups in total. The first kappa shape index (κ1) is 21.3. The number of hydrogen-bond donors (Lipinski definition) is 2. The lowest BCUT2D eigenvalue weighted by Crippen LogP contribution is -2.13. The Bertz CT molecular complexity index is 1330. The molecule has 1 heterocycles. The number of hydrogen-bond acceptors (Lipinski definition) is 5. The molecule has 160 valence electrons. The van der Waals surface area contributed by atoms with Crippen molar-refractivity contribution in [3.8, 4) is 33.9 Å². The van der Waals surface area contributed by atoms with Gasteiger partial charge in [-0.3, -0.25) is 4.99 Å². The first-order chi connectivity index (χ1) is 15.5. The highest BCUT2D eigenvalue weighted by molar-refractivity contribution is 7.07. The lowest BCUT2D eigenvalue weighted by Gasteiger charge is -2.06. The van der Waals surface area contributed by atoms with Gasteiger partial charge >= 0.3 is 0 Å². The van der Waals surface area contributed by atoms with Gasteiger partial charge in [0.25, 0.3) is 0 Å². The van der Waals surface area contributed by atoms with E-state index in [4.69, 9.17) is 0 Å². The summed E-state index contributed by atoms with van der Waals surface area (Å²) in [5.74, 6) is -0.352. The number of benzene rings is 3. The second kappa shape index (κ2) is 9.49. The molecule has 0 radical (unpaired) electrons. The molecule has 0 aliphatic carbocycles. The van der Waals surface area contributed by atoms with Crippen molar-refractivity contribution in [1.29, 1.82) is 0 Å². The average Bonchev–Trinajstić information content (AvgIpc) is 3.22. The molecule has 3 aromatic carbocycles. The molecule has 0 amide bonds. The van der Waals surface area contributed by atoms with Crippen molar-refractivity contribution in [1.82, 2.24) is 4.68 Å². The second-order valence-corrected chi connectivity index (χ2v) is 8.26. The van der Waals surface area contributed by atoms with Gasteiger partial charge in [-0.1, -0.05) is 66.7 Å². The summed E-state index contributed by atoms with van der Waals surface area (Å²) in [4.78, 5) is 5.38. The number of aromatic nitrogens is 1. The SMILES string of the molecule is C=C(C)CN=c1scc(-c2ccc(-c3ccccc3)cc2)n1N=Cc1ccc(O)c(O)c1. The van der Waals surface area contributed by atoms with Crippen molar-refractivity contribution in [2.24, 2.45) is 10.1 Å². The first-order valence-electron chi connectivity index (χ1n) is 10.1. The highest BCUT2D eigenvalue weighted by Gasteiger charge is 2.08. The van der Waals surface area contributed by atoms with Crippen LogP contribution >= 0.6 is 11.3 Å². The number of phenols is 2. The zero-order valence-electron chi connectivity index (χ0n) is 17.6. The maximum Gasteiger partial charge on any atom is 0.206 e. The van der Waals surface area contributed by atoms with E-state index in [0.29, 0.717) is 12.1 Å². The Balaban J connectivity index is 1.73. The minimum Gasteiger partial charge on any atom is -0.504 e. The third-order valence-corrected chi connectivity index (χ3v) is 5.63. The van der Waals surface area contributed by atoms with Crippen LogP contribution in [0.2, 0.25) is 0 Å². The zero-order valence-corrected chi connectivity index (χ0v) is 18.5. The van der Waals surface area contributed by atoms with Crippen LogP contribution in [-0.4, -0.2) is 27.6 Å². The van der Waals surface area contributed by atoms with Crippen molar-refractivity contribution in [2.75, 3.05) is 6.54 Å². The van der Waals surface area contributed by atoms with Gasteiger partial charge in [-0.05, 0) is 41.8 Å². The molecule has 0 saturated carbocycles. The summed E-state index contributed by atoms with van der Waals surface area (Å²) >= 11 is 1.51. The van der Waals surface area contributed by atoms with Gasteiger partial charge in [0.1, 0.15) is 0 Å². The van der Waals surface area contributed by atoms with Crippen LogP contribution < -0.4 is 4.80 Å². The van der Waals surface area contributed by atoms with E-state index in [0.717, 1.165) is 27.2 Å². The summed E-state index contributed by atoms with van der Waals surface area (Å²) in [6.45, 7) is 6.38. The molecule has 0 aliphatic heterocycles. The highest BCUT2D eigenvalue weighted by atomic mass is 32.1. The quantitative estimate of drug-likeness (QED) is 0.230. The molecule has 0 fully saturated rings. The molecule has 4 rings (SSSR count). The van der Waals surface area contributed by atoms with Crippen LogP contribution in [0.15, 0.2) is 100 Å². The smallest absolute Gasteiger partial charge is 0.206 e. The molecule has 5 nitrogen and oxygen atoms in total. The van der Waals surface area contributed by atoms with Crippen molar-refractivity contribution < 1.29 is 10.2 Å². The summed E-state index contributed by atoms with van der Waals surface area (Å²) in [7, 11) is 0. The van der Waals surface area contributed by atoms with E-state index in [1.54, 1.807) is 17.0 Å². The van der Waals surface area contributed by atoms with E-state index < -0.39 is 0 Å². The highest BCUT2D eigenvalue weighted by Crippen LogP contribution is 2.26. The monoisotopic (exact) mass is 441 g/mol. The Morgan fingerprint density at radius 2 is 1.62 bits per heavy atom. The molecule has 32 heavy (non-hydrogen) atoms. The van der Waals surface area contributed by atoms with Crippen LogP contribution in [0.1, 0.15) is 12.5 Å². The Morgan fingerprint density at radius 3 is 2.31 bits per heavy atom. The molecule has 1 aromatic heterocycles. The molecule has 0 atom stereocenters. The molecular formula is C26H23N3O2S. The summed E-state index contributed by atoms with van der Waals surface area (Å²) in [6.07, 6.45) is 1.63. The molecule has 0 spiro atoms. The van der Waals surface area contributed by atoms with Gasteiger partial charge in [-0.2, -0.15) is 5.10 Å². The minimum atomic E-state index is -0.187. The lowest BCUT2D eigenvalue weighted by molar-refractivity contribution is 0.403. The predicted octanol–water partition coefficient (Wildman–Crippen LogP) is 5.65. The zero-order chi connectivity index (χ0) is 22.5. The Kier molecular flexibility index (Phi) is 6.33. The van der Waals surface area contributed by atoms with Crippen molar-refractivity contribution in [3.05, 3.63) is 101 Å². The van der Waals surface area contributed by atoms with Crippen molar-refractivity contribution in [2.45, 2.75) is 6.92 Å². The van der Waals surface area contributed by atoms with Crippen LogP contribution in [0.5, 0.6) is 11.5 Å². The van der Waals surface area contributed by atoms with Gasteiger partial charge in [0.05, 0.1) is 18.5 Å². The third-order valence-electron chi connectivity index (χ3n) is 4.78. The number of nitrogens with zero attached hydrogens (tertiary/aromatic N) is 3. The largest absolute Gasteiger partial charge is 0.504 e. The van der Waals surface area contributed by atoms with Gasteiger partial charge in [0.15, 0.2) is 11.5 Å². The number of rotatable bonds is 6. The van der Waals surface area contributed by atoms with E-state index in [9.17, 15) is 10.2 Å². The van der Waals surface area contributed by atoms with Gasteiger partial charge in [-0.25, -0.2) is 4.68 Å². The Labute approximate surface area is 190 Å². The summed E-state index contributed by atoms with van der Waals surface area (Å²) < 4.78 is 1.79. The number of phenolic OH excluding ortho intramolecular Hbond substituents is 2. The molecule has 0 aliphatic rings. The Morgan fingerprint density at radius 1 is 0.938 bits per heavy atom. The molecule has 6 heteroatoms. The third kappa shape index (κ3) is 4.87. The van der Waals surface area contributed by atoms with Crippen LogP contribution in [0, 0.1) is 0 Å². The normalized spacial score (nSPS) is 11.8. The van der Waals surface area contributed by atoms with Gasteiger partial charge < -0.3 is 10.2 Å². The first-order valence-corrected chi connectivity index (χ1v) is 11.0. The fourth-order valence-electron chi connectivity index (χ4n) is 3.13. The second-order valence-electron chi connectivity index (χ2n) is 7.42. The van der Waals surface area contributed by atoms with Crippen molar-refractivity contribution >= 4 is 17.6 Å². The lowest BCUT2D eigenvalue weighted by atomic mass is 10.0.